The summed E-state index contributed by atoms with van der Waals surface area (Å²) in [6.45, 7) is 20.7. The monoisotopic (exact) mass is 513 g/mol. The van der Waals surface area contributed by atoms with Crippen molar-refractivity contribution in [3.8, 4) is 0 Å². The summed E-state index contributed by atoms with van der Waals surface area (Å²) in [5.41, 5.74) is 6.65. The first-order chi connectivity index (χ1) is 17.4. The quantitative estimate of drug-likeness (QED) is 0.332. The van der Waals surface area contributed by atoms with Crippen molar-refractivity contribution in [1.82, 2.24) is 0 Å². The van der Waals surface area contributed by atoms with E-state index < -0.39 is 0 Å². The second-order valence-corrected chi connectivity index (χ2v) is 13.6. The lowest BCUT2D eigenvalue weighted by atomic mass is 9.46. The lowest BCUT2D eigenvalue weighted by Crippen LogP contribution is -2.50. The highest BCUT2D eigenvalue weighted by atomic mass is 14.6. The molecule has 7 unspecified atom stereocenters. The highest BCUT2D eigenvalue weighted by Crippen LogP contribution is 2.67. The van der Waals surface area contributed by atoms with Crippen LogP contribution in [0.4, 0.5) is 0 Å². The molecule has 5 aliphatic carbocycles. The van der Waals surface area contributed by atoms with Crippen LogP contribution in [-0.4, -0.2) is 0 Å². The summed E-state index contributed by atoms with van der Waals surface area (Å²) in [7, 11) is 0. The largest absolute Gasteiger partial charge is 0.0776 e. The molecule has 5 rings (SSSR count). The third-order valence-corrected chi connectivity index (χ3v) is 12.2. The van der Waals surface area contributed by atoms with Gasteiger partial charge in [-0.2, -0.15) is 0 Å². The highest BCUT2D eigenvalue weighted by molar-refractivity contribution is 5.39. The zero-order valence-electron chi connectivity index (χ0n) is 26.1. The zero-order chi connectivity index (χ0) is 26.5. The van der Waals surface area contributed by atoms with Gasteiger partial charge < -0.3 is 0 Å². The normalized spacial score (nSPS) is 36.8. The maximum absolute atomic E-state index is 2.75. The Kier molecular flexibility index (Phi) is 12.6. The SMILES string of the molecule is C.CC.CC.CCC(CCCC1CCC2C3CCC4=CC(=C5CCC5)CCC4(C)C3CCC12C)C(C)C. The van der Waals surface area contributed by atoms with Crippen LogP contribution in [0.1, 0.15) is 166 Å². The molecule has 4 saturated carbocycles. The zero-order valence-corrected chi connectivity index (χ0v) is 26.1. The molecular weight excluding hydrogens is 444 g/mol. The Morgan fingerprint density at radius 1 is 0.865 bits per heavy atom. The molecule has 0 heteroatoms. The number of fused-ring (bicyclic) bond motifs is 5. The Morgan fingerprint density at radius 2 is 1.57 bits per heavy atom. The minimum Gasteiger partial charge on any atom is -0.0776 e. The maximum Gasteiger partial charge on any atom is -0.00790 e. The average Bonchev–Trinajstić information content (AvgIpc) is 3.19. The fourth-order valence-electron chi connectivity index (χ4n) is 9.76. The molecule has 0 amide bonds. The number of allylic oxidation sites excluding steroid dienone is 4. The van der Waals surface area contributed by atoms with Gasteiger partial charge in [0.05, 0.1) is 0 Å². The van der Waals surface area contributed by atoms with Crippen molar-refractivity contribution in [3.63, 3.8) is 0 Å². The highest BCUT2D eigenvalue weighted by Gasteiger charge is 2.58. The summed E-state index contributed by atoms with van der Waals surface area (Å²) in [6.07, 6.45) is 24.8. The van der Waals surface area contributed by atoms with Crippen molar-refractivity contribution in [3.05, 3.63) is 22.8 Å². The summed E-state index contributed by atoms with van der Waals surface area (Å²) in [4.78, 5) is 0. The van der Waals surface area contributed by atoms with E-state index in [4.69, 9.17) is 0 Å². The van der Waals surface area contributed by atoms with Gasteiger partial charge in [0.25, 0.3) is 0 Å². The van der Waals surface area contributed by atoms with Crippen LogP contribution < -0.4 is 0 Å². The lowest BCUT2D eigenvalue weighted by molar-refractivity contribution is -0.0513. The van der Waals surface area contributed by atoms with Gasteiger partial charge in [-0.25, -0.2) is 0 Å². The van der Waals surface area contributed by atoms with Crippen LogP contribution in [0.2, 0.25) is 0 Å². The predicted octanol–water partition coefficient (Wildman–Crippen LogP) is 12.6. The molecule has 216 valence electrons. The molecule has 0 N–H and O–H groups in total. The molecule has 5 aliphatic rings. The third kappa shape index (κ3) is 6.30. The van der Waals surface area contributed by atoms with Gasteiger partial charge in [0.15, 0.2) is 0 Å². The van der Waals surface area contributed by atoms with E-state index in [9.17, 15) is 0 Å². The molecule has 0 bridgehead atoms. The van der Waals surface area contributed by atoms with Gasteiger partial charge in [0, 0.05) is 0 Å². The predicted molar refractivity (Wildman–Crippen MR) is 168 cm³/mol. The van der Waals surface area contributed by atoms with Crippen LogP contribution in [0, 0.1) is 46.3 Å². The Labute approximate surface area is 234 Å². The first kappa shape index (κ1) is 32.7. The van der Waals surface area contributed by atoms with Crippen molar-refractivity contribution >= 4 is 0 Å². The number of hydrogen-bond acceptors (Lipinski definition) is 0. The summed E-state index contributed by atoms with van der Waals surface area (Å²) in [5, 5.41) is 0. The lowest BCUT2D eigenvalue weighted by Gasteiger charge is -2.58. The Hall–Kier alpha value is -0.520. The molecule has 0 heterocycles. The Morgan fingerprint density at radius 3 is 2.16 bits per heavy atom. The minimum absolute atomic E-state index is 0. The molecular formula is C37H68. The summed E-state index contributed by atoms with van der Waals surface area (Å²) in [6, 6.07) is 0. The Balaban J connectivity index is 0.000000919. The second-order valence-electron chi connectivity index (χ2n) is 13.6. The first-order valence-corrected chi connectivity index (χ1v) is 16.8. The molecule has 0 aromatic heterocycles. The van der Waals surface area contributed by atoms with E-state index in [1.807, 2.05) is 38.8 Å². The number of hydrogen-bond donors (Lipinski definition) is 0. The van der Waals surface area contributed by atoms with Gasteiger partial charge in [-0.05, 0) is 129 Å². The van der Waals surface area contributed by atoms with E-state index in [-0.39, 0.29) is 7.43 Å². The van der Waals surface area contributed by atoms with E-state index in [0.29, 0.717) is 10.8 Å². The van der Waals surface area contributed by atoms with Gasteiger partial charge in [-0.3, -0.25) is 0 Å². The Bertz CT molecular complexity index is 746. The van der Waals surface area contributed by atoms with Crippen molar-refractivity contribution in [1.29, 1.82) is 0 Å². The maximum atomic E-state index is 2.75. The van der Waals surface area contributed by atoms with Crippen LogP contribution in [-0.2, 0) is 0 Å². The number of rotatable bonds is 6. The molecule has 37 heavy (non-hydrogen) atoms. The fourth-order valence-corrected chi connectivity index (χ4v) is 9.76. The molecule has 0 radical (unpaired) electrons. The summed E-state index contributed by atoms with van der Waals surface area (Å²) < 4.78 is 0. The minimum atomic E-state index is 0. The topological polar surface area (TPSA) is 0 Å². The van der Waals surface area contributed by atoms with Crippen molar-refractivity contribution < 1.29 is 0 Å². The summed E-state index contributed by atoms with van der Waals surface area (Å²) in [5.74, 6) is 5.87. The van der Waals surface area contributed by atoms with Crippen LogP contribution >= 0.6 is 0 Å². The van der Waals surface area contributed by atoms with Crippen molar-refractivity contribution in [2.24, 2.45) is 46.3 Å². The van der Waals surface area contributed by atoms with E-state index >= 15 is 0 Å². The fraction of sp³-hybridized carbons (Fsp3) is 0.892. The van der Waals surface area contributed by atoms with E-state index in [0.717, 1.165) is 35.5 Å². The smallest absolute Gasteiger partial charge is 0.00790 e. The molecule has 0 nitrogen and oxygen atoms in total. The molecule has 0 aromatic carbocycles. The second kappa shape index (κ2) is 14.2. The van der Waals surface area contributed by atoms with Crippen molar-refractivity contribution in [2.75, 3.05) is 0 Å². The molecule has 0 saturated heterocycles. The van der Waals surface area contributed by atoms with Gasteiger partial charge in [-0.1, -0.05) is 106 Å². The van der Waals surface area contributed by atoms with E-state index in [1.54, 1.807) is 18.4 Å². The molecule has 7 atom stereocenters. The molecule has 4 fully saturated rings. The first-order valence-electron chi connectivity index (χ1n) is 16.8. The summed E-state index contributed by atoms with van der Waals surface area (Å²) >= 11 is 0. The van der Waals surface area contributed by atoms with Crippen LogP contribution in [0.3, 0.4) is 0 Å². The molecule has 0 aliphatic heterocycles. The van der Waals surface area contributed by atoms with Crippen LogP contribution in [0.5, 0.6) is 0 Å². The van der Waals surface area contributed by atoms with Crippen molar-refractivity contribution in [2.45, 2.75) is 166 Å². The van der Waals surface area contributed by atoms with Gasteiger partial charge >= 0.3 is 0 Å². The van der Waals surface area contributed by atoms with E-state index in [1.165, 1.54) is 83.5 Å². The van der Waals surface area contributed by atoms with Crippen LogP contribution in [0.25, 0.3) is 0 Å². The van der Waals surface area contributed by atoms with E-state index in [2.05, 4.69) is 40.7 Å². The van der Waals surface area contributed by atoms with Crippen LogP contribution in [0.15, 0.2) is 22.8 Å². The average molecular weight is 513 g/mol. The third-order valence-electron chi connectivity index (χ3n) is 12.2. The van der Waals surface area contributed by atoms with Gasteiger partial charge in [-0.15, -0.1) is 0 Å². The standard InChI is InChI=1S/C32H52.2C2H6.CH4/c1-6-23(22(2)3)9-8-12-26-14-16-29-28-15-13-27-21-25(24-10-7-11-24)17-19-32(27,5)30(28)18-20-31(26,29)4;2*1-2;/h21-23,26,28-30H,6-20H2,1-5H3;2*1-2H3;1H4. The van der Waals surface area contributed by atoms with Gasteiger partial charge in [0.2, 0.25) is 0 Å². The molecule has 0 spiro atoms. The molecule has 0 aromatic rings. The van der Waals surface area contributed by atoms with Gasteiger partial charge in [0.1, 0.15) is 0 Å².